The molecule has 0 aliphatic heterocycles. The lowest BCUT2D eigenvalue weighted by molar-refractivity contribution is 0.699. The minimum absolute atomic E-state index is 0.849. The Bertz CT molecular complexity index is 558. The van der Waals surface area contributed by atoms with E-state index in [4.69, 9.17) is 4.98 Å². The highest BCUT2D eigenvalue weighted by atomic mass is 15.2. The van der Waals surface area contributed by atoms with Crippen LogP contribution in [-0.2, 0) is 0 Å². The van der Waals surface area contributed by atoms with Crippen LogP contribution < -0.4 is 10.2 Å². The quantitative estimate of drug-likeness (QED) is 0.865. The number of aromatic nitrogens is 3. The zero-order valence-electron chi connectivity index (χ0n) is 11.6. The van der Waals surface area contributed by atoms with E-state index in [1.807, 2.05) is 30.0 Å². The van der Waals surface area contributed by atoms with Gasteiger partial charge in [-0.1, -0.05) is 6.92 Å². The molecular weight excluding hydrogens is 238 g/mol. The highest BCUT2D eigenvalue weighted by Crippen LogP contribution is 2.32. The van der Waals surface area contributed by atoms with E-state index in [2.05, 4.69) is 22.1 Å². The van der Waals surface area contributed by atoms with E-state index in [-0.39, 0.29) is 0 Å². The second-order valence-corrected chi connectivity index (χ2v) is 5.25. The lowest BCUT2D eigenvalue weighted by Crippen LogP contribution is -2.28. The molecule has 1 saturated carbocycles. The van der Waals surface area contributed by atoms with Crippen LogP contribution in [-0.4, -0.2) is 34.5 Å². The molecular formula is C14H21N5. The molecule has 3 rings (SSSR count). The van der Waals surface area contributed by atoms with Gasteiger partial charge in [0, 0.05) is 32.5 Å². The Kier molecular flexibility index (Phi) is 3.27. The van der Waals surface area contributed by atoms with Gasteiger partial charge in [0.15, 0.2) is 11.5 Å². The maximum Gasteiger partial charge on any atom is 0.180 e. The van der Waals surface area contributed by atoms with Crippen molar-refractivity contribution in [2.75, 3.05) is 30.4 Å². The Hall–Kier alpha value is -1.78. The molecule has 2 aromatic rings. The standard InChI is InChI=1S/C14H21N5/c1-3-7-18(9-11-4-5-11)14-13-16-6-8-19(13)10-12(15-2)17-14/h6,8,10-11,15H,3-5,7,9H2,1-2H3. The SMILES string of the molecule is CCCN(CC1CC1)c1nc(NC)cn2ccnc12. The van der Waals surface area contributed by atoms with Gasteiger partial charge in [-0.05, 0) is 25.2 Å². The van der Waals surface area contributed by atoms with Crippen LogP contribution in [0.5, 0.6) is 0 Å². The van der Waals surface area contributed by atoms with Crippen LogP contribution in [0.3, 0.4) is 0 Å². The van der Waals surface area contributed by atoms with Gasteiger partial charge in [0.25, 0.3) is 0 Å². The first-order valence-corrected chi connectivity index (χ1v) is 7.08. The Balaban J connectivity index is 2.00. The van der Waals surface area contributed by atoms with Crippen LogP contribution in [0.25, 0.3) is 5.65 Å². The zero-order chi connectivity index (χ0) is 13.2. The highest BCUT2D eigenvalue weighted by molar-refractivity contribution is 5.66. The highest BCUT2D eigenvalue weighted by Gasteiger charge is 2.26. The first-order chi connectivity index (χ1) is 9.31. The molecule has 102 valence electrons. The van der Waals surface area contributed by atoms with Crippen molar-refractivity contribution >= 4 is 17.3 Å². The topological polar surface area (TPSA) is 45.5 Å². The normalized spacial score (nSPS) is 14.8. The molecule has 0 radical (unpaired) electrons. The second-order valence-electron chi connectivity index (χ2n) is 5.25. The third-order valence-corrected chi connectivity index (χ3v) is 3.58. The van der Waals surface area contributed by atoms with E-state index in [0.717, 1.165) is 42.7 Å². The number of nitrogens with one attached hydrogen (secondary N) is 1. The Labute approximate surface area is 113 Å². The number of anilines is 2. The minimum atomic E-state index is 0.849. The summed E-state index contributed by atoms with van der Waals surface area (Å²) in [4.78, 5) is 11.6. The van der Waals surface area contributed by atoms with Crippen molar-refractivity contribution in [2.24, 2.45) is 5.92 Å². The van der Waals surface area contributed by atoms with E-state index < -0.39 is 0 Å². The smallest absolute Gasteiger partial charge is 0.180 e. The molecule has 1 aliphatic carbocycles. The van der Waals surface area contributed by atoms with Crippen LogP contribution in [0.2, 0.25) is 0 Å². The molecule has 0 bridgehead atoms. The zero-order valence-corrected chi connectivity index (χ0v) is 11.6. The molecule has 5 heteroatoms. The lowest BCUT2D eigenvalue weighted by atomic mass is 10.3. The van der Waals surface area contributed by atoms with Gasteiger partial charge in [0.1, 0.15) is 5.82 Å². The third kappa shape index (κ3) is 2.50. The second kappa shape index (κ2) is 5.07. The largest absolute Gasteiger partial charge is 0.372 e. The summed E-state index contributed by atoms with van der Waals surface area (Å²) >= 11 is 0. The van der Waals surface area contributed by atoms with Crippen molar-refractivity contribution in [3.63, 3.8) is 0 Å². The van der Waals surface area contributed by atoms with Gasteiger partial charge in [-0.2, -0.15) is 0 Å². The minimum Gasteiger partial charge on any atom is -0.372 e. The fourth-order valence-corrected chi connectivity index (χ4v) is 2.41. The van der Waals surface area contributed by atoms with Crippen molar-refractivity contribution in [3.05, 3.63) is 18.6 Å². The number of hydrogen-bond donors (Lipinski definition) is 1. The molecule has 1 fully saturated rings. The summed E-state index contributed by atoms with van der Waals surface area (Å²) in [5.74, 6) is 2.74. The van der Waals surface area contributed by atoms with Gasteiger partial charge in [-0.3, -0.25) is 0 Å². The number of nitrogens with zero attached hydrogens (tertiary/aromatic N) is 4. The molecule has 2 heterocycles. The van der Waals surface area contributed by atoms with Crippen LogP contribution in [0.4, 0.5) is 11.6 Å². The molecule has 5 nitrogen and oxygen atoms in total. The van der Waals surface area contributed by atoms with E-state index in [1.165, 1.54) is 12.8 Å². The summed E-state index contributed by atoms with van der Waals surface area (Å²) in [5.41, 5.74) is 0.952. The molecule has 19 heavy (non-hydrogen) atoms. The van der Waals surface area contributed by atoms with Crippen molar-refractivity contribution in [2.45, 2.75) is 26.2 Å². The number of imidazole rings is 1. The molecule has 2 aromatic heterocycles. The van der Waals surface area contributed by atoms with Crippen LogP contribution in [0.1, 0.15) is 26.2 Å². The Morgan fingerprint density at radius 2 is 2.32 bits per heavy atom. The molecule has 0 saturated heterocycles. The van der Waals surface area contributed by atoms with Crippen molar-refractivity contribution in [3.8, 4) is 0 Å². The average Bonchev–Trinajstić information content (AvgIpc) is 3.11. The molecule has 1 aliphatic rings. The summed E-state index contributed by atoms with van der Waals surface area (Å²) in [6, 6.07) is 0. The number of rotatable bonds is 6. The van der Waals surface area contributed by atoms with Gasteiger partial charge in [0.2, 0.25) is 0 Å². The summed E-state index contributed by atoms with van der Waals surface area (Å²) in [6.07, 6.45) is 9.63. The Morgan fingerprint density at radius 1 is 1.47 bits per heavy atom. The fraction of sp³-hybridized carbons (Fsp3) is 0.571. The van der Waals surface area contributed by atoms with Crippen molar-refractivity contribution < 1.29 is 0 Å². The first-order valence-electron chi connectivity index (χ1n) is 7.08. The molecule has 0 spiro atoms. The molecule has 0 aromatic carbocycles. The summed E-state index contributed by atoms with van der Waals surface area (Å²) < 4.78 is 2.05. The van der Waals surface area contributed by atoms with Crippen LogP contribution >= 0.6 is 0 Å². The summed E-state index contributed by atoms with van der Waals surface area (Å²) in [5, 5.41) is 3.13. The summed E-state index contributed by atoms with van der Waals surface area (Å²) in [7, 11) is 1.90. The van der Waals surface area contributed by atoms with E-state index in [1.54, 1.807) is 0 Å². The van der Waals surface area contributed by atoms with Gasteiger partial charge >= 0.3 is 0 Å². The predicted octanol–water partition coefficient (Wildman–Crippen LogP) is 2.40. The maximum atomic E-state index is 4.72. The fourth-order valence-electron chi connectivity index (χ4n) is 2.41. The molecule has 0 atom stereocenters. The van der Waals surface area contributed by atoms with Gasteiger partial charge < -0.3 is 14.6 Å². The number of hydrogen-bond acceptors (Lipinski definition) is 4. The van der Waals surface area contributed by atoms with E-state index in [9.17, 15) is 0 Å². The third-order valence-electron chi connectivity index (χ3n) is 3.58. The van der Waals surface area contributed by atoms with Gasteiger partial charge in [-0.15, -0.1) is 0 Å². The van der Waals surface area contributed by atoms with E-state index >= 15 is 0 Å². The maximum absolute atomic E-state index is 4.72. The monoisotopic (exact) mass is 259 g/mol. The molecule has 0 unspecified atom stereocenters. The van der Waals surface area contributed by atoms with Crippen molar-refractivity contribution in [1.82, 2.24) is 14.4 Å². The van der Waals surface area contributed by atoms with E-state index in [0.29, 0.717) is 0 Å². The molecule has 1 N–H and O–H groups in total. The molecule has 0 amide bonds. The summed E-state index contributed by atoms with van der Waals surface area (Å²) in [6.45, 7) is 4.36. The number of fused-ring (bicyclic) bond motifs is 1. The average molecular weight is 259 g/mol. The van der Waals surface area contributed by atoms with Gasteiger partial charge in [0.05, 0.1) is 6.20 Å². The lowest BCUT2D eigenvalue weighted by Gasteiger charge is -2.24. The van der Waals surface area contributed by atoms with Gasteiger partial charge in [-0.25, -0.2) is 9.97 Å². The first kappa shape index (κ1) is 12.3. The van der Waals surface area contributed by atoms with Crippen LogP contribution in [0, 0.1) is 5.92 Å². The predicted molar refractivity (Wildman–Crippen MR) is 77.8 cm³/mol. The van der Waals surface area contributed by atoms with Crippen molar-refractivity contribution in [1.29, 1.82) is 0 Å². The van der Waals surface area contributed by atoms with Crippen LogP contribution in [0.15, 0.2) is 18.6 Å². The Morgan fingerprint density at radius 3 is 3.00 bits per heavy atom.